The van der Waals surface area contributed by atoms with E-state index in [0.717, 1.165) is 39.9 Å². The van der Waals surface area contributed by atoms with Crippen LogP contribution in [0.4, 0.5) is 0 Å². The summed E-state index contributed by atoms with van der Waals surface area (Å²) in [5, 5.41) is 10.3. The van der Waals surface area contributed by atoms with E-state index in [4.69, 9.17) is 21.1 Å². The number of aromatic nitrogens is 2. The Morgan fingerprint density at radius 3 is 2.46 bits per heavy atom. The van der Waals surface area contributed by atoms with Gasteiger partial charge in [-0.1, -0.05) is 42.8 Å². The summed E-state index contributed by atoms with van der Waals surface area (Å²) in [5.41, 5.74) is 3.11. The predicted octanol–water partition coefficient (Wildman–Crippen LogP) is 7.29. The molecule has 0 bridgehead atoms. The molecule has 0 saturated heterocycles. The lowest BCUT2D eigenvalue weighted by Gasteiger charge is -2.13. The van der Waals surface area contributed by atoms with Gasteiger partial charge in [0.25, 0.3) is 5.91 Å². The van der Waals surface area contributed by atoms with Gasteiger partial charge in [-0.3, -0.25) is 4.79 Å². The van der Waals surface area contributed by atoms with E-state index in [1.165, 1.54) is 0 Å². The molecule has 0 spiro atoms. The lowest BCUT2D eigenvalue weighted by Crippen LogP contribution is -2.23. The maximum absolute atomic E-state index is 12.3. The van der Waals surface area contributed by atoms with E-state index in [1.807, 2.05) is 60.1 Å². The zero-order valence-corrected chi connectivity index (χ0v) is 21.3. The van der Waals surface area contributed by atoms with E-state index in [-0.39, 0.29) is 5.91 Å². The van der Waals surface area contributed by atoms with Gasteiger partial charge < -0.3 is 14.8 Å². The molecule has 1 aromatic heterocycles. The van der Waals surface area contributed by atoms with E-state index in [2.05, 4.69) is 22.5 Å². The van der Waals surface area contributed by atoms with Gasteiger partial charge in [-0.15, -0.1) is 0 Å². The summed E-state index contributed by atoms with van der Waals surface area (Å²) in [7, 11) is 1.66. The van der Waals surface area contributed by atoms with Crippen molar-refractivity contribution in [2.24, 2.45) is 0 Å². The number of nitrogens with one attached hydrogen (secondary N) is 1. The fraction of sp³-hybridized carbons (Fsp3) is 0.133. The quantitative estimate of drug-likeness (QED) is 0.237. The Balaban J connectivity index is 1.54. The standard InChI is InChI=1S/C30H26ClN3O3/c1-3-15-32-30(35)20-9-12-26(13-10-20)37-28-19-33-34(25-6-4-5-24(31)18-25)29(28)23-8-7-22-17-27(36-2)14-11-21(22)16-23/h4-14,16-19H,3,15H2,1-2H3,(H,32,35). The summed E-state index contributed by atoms with van der Waals surface area (Å²) in [6.45, 7) is 2.66. The number of ether oxygens (including phenoxy) is 2. The van der Waals surface area contributed by atoms with Gasteiger partial charge in [0.1, 0.15) is 17.2 Å². The molecule has 1 heterocycles. The number of amides is 1. The van der Waals surface area contributed by atoms with Crippen molar-refractivity contribution in [3.63, 3.8) is 0 Å². The topological polar surface area (TPSA) is 65.4 Å². The highest BCUT2D eigenvalue weighted by molar-refractivity contribution is 6.30. The van der Waals surface area contributed by atoms with E-state index in [0.29, 0.717) is 28.6 Å². The van der Waals surface area contributed by atoms with Gasteiger partial charge in [0.15, 0.2) is 5.75 Å². The second-order valence-electron chi connectivity index (χ2n) is 8.56. The predicted molar refractivity (Wildman–Crippen MR) is 147 cm³/mol. The van der Waals surface area contributed by atoms with Gasteiger partial charge in [0.05, 0.1) is 19.0 Å². The molecule has 4 aromatic carbocycles. The molecule has 0 atom stereocenters. The van der Waals surface area contributed by atoms with Gasteiger partial charge >= 0.3 is 0 Å². The maximum atomic E-state index is 12.3. The molecule has 7 heteroatoms. The number of hydrogen-bond donors (Lipinski definition) is 1. The van der Waals surface area contributed by atoms with Crippen LogP contribution >= 0.6 is 11.6 Å². The molecular weight excluding hydrogens is 486 g/mol. The Bertz CT molecular complexity index is 1560. The molecule has 0 fully saturated rings. The van der Waals surface area contributed by atoms with E-state index >= 15 is 0 Å². The third kappa shape index (κ3) is 5.29. The highest BCUT2D eigenvalue weighted by Gasteiger charge is 2.18. The number of benzene rings is 4. The first-order valence-corrected chi connectivity index (χ1v) is 12.4. The molecule has 0 unspecified atom stereocenters. The number of methoxy groups -OCH3 is 1. The molecule has 0 aliphatic rings. The number of nitrogens with zero attached hydrogens (tertiary/aromatic N) is 2. The minimum Gasteiger partial charge on any atom is -0.497 e. The number of carbonyl (C=O) groups excluding carboxylic acids is 1. The van der Waals surface area contributed by atoms with Crippen molar-refractivity contribution >= 4 is 28.3 Å². The van der Waals surface area contributed by atoms with Crippen molar-refractivity contribution in [3.05, 3.63) is 102 Å². The summed E-state index contributed by atoms with van der Waals surface area (Å²) >= 11 is 6.29. The summed E-state index contributed by atoms with van der Waals surface area (Å²) in [6, 6.07) is 26.8. The fourth-order valence-electron chi connectivity index (χ4n) is 4.12. The van der Waals surface area contributed by atoms with Crippen LogP contribution < -0.4 is 14.8 Å². The summed E-state index contributed by atoms with van der Waals surface area (Å²) < 4.78 is 13.5. The van der Waals surface area contributed by atoms with Gasteiger partial charge in [-0.05, 0) is 77.9 Å². The summed E-state index contributed by atoms with van der Waals surface area (Å²) in [6.07, 6.45) is 2.57. The number of rotatable bonds is 8. The van der Waals surface area contributed by atoms with Gasteiger partial charge in [0.2, 0.25) is 0 Å². The smallest absolute Gasteiger partial charge is 0.251 e. The van der Waals surface area contributed by atoms with Crippen LogP contribution in [0.3, 0.4) is 0 Å². The van der Waals surface area contributed by atoms with Gasteiger partial charge in [-0.25, -0.2) is 4.68 Å². The van der Waals surface area contributed by atoms with Crippen LogP contribution in [-0.4, -0.2) is 29.3 Å². The first-order chi connectivity index (χ1) is 18.1. The average Bonchev–Trinajstić information content (AvgIpc) is 3.35. The summed E-state index contributed by atoms with van der Waals surface area (Å²) in [5.74, 6) is 1.89. The molecule has 186 valence electrons. The number of fused-ring (bicyclic) bond motifs is 1. The molecule has 5 rings (SSSR count). The minimum atomic E-state index is -0.101. The van der Waals surface area contributed by atoms with E-state index < -0.39 is 0 Å². The average molecular weight is 512 g/mol. The first-order valence-electron chi connectivity index (χ1n) is 12.0. The largest absolute Gasteiger partial charge is 0.497 e. The van der Waals surface area contributed by atoms with Crippen molar-refractivity contribution in [2.75, 3.05) is 13.7 Å². The lowest BCUT2D eigenvalue weighted by atomic mass is 10.0. The van der Waals surface area contributed by atoms with Crippen molar-refractivity contribution in [3.8, 4) is 34.2 Å². The van der Waals surface area contributed by atoms with Gasteiger partial charge in [-0.2, -0.15) is 5.10 Å². The van der Waals surface area contributed by atoms with Crippen molar-refractivity contribution in [1.29, 1.82) is 0 Å². The van der Waals surface area contributed by atoms with Crippen LogP contribution in [-0.2, 0) is 0 Å². The Labute approximate surface area is 220 Å². The normalized spacial score (nSPS) is 10.9. The van der Waals surface area contributed by atoms with Crippen molar-refractivity contribution in [2.45, 2.75) is 13.3 Å². The molecule has 0 saturated carbocycles. The maximum Gasteiger partial charge on any atom is 0.251 e. The third-order valence-corrected chi connectivity index (χ3v) is 6.22. The second kappa shape index (κ2) is 10.8. The number of hydrogen-bond acceptors (Lipinski definition) is 4. The summed E-state index contributed by atoms with van der Waals surface area (Å²) in [4.78, 5) is 12.3. The highest BCUT2D eigenvalue weighted by Crippen LogP contribution is 2.37. The number of carbonyl (C=O) groups is 1. The Morgan fingerprint density at radius 2 is 1.70 bits per heavy atom. The van der Waals surface area contributed by atoms with Crippen LogP contribution in [0.25, 0.3) is 27.7 Å². The van der Waals surface area contributed by atoms with Crippen molar-refractivity contribution < 1.29 is 14.3 Å². The van der Waals surface area contributed by atoms with Crippen LogP contribution in [0.15, 0.2) is 91.1 Å². The number of halogens is 1. The Hall–Kier alpha value is -4.29. The van der Waals surface area contributed by atoms with Gasteiger partial charge in [0, 0.05) is 22.7 Å². The lowest BCUT2D eigenvalue weighted by molar-refractivity contribution is 0.0953. The Kier molecular flexibility index (Phi) is 7.10. The molecule has 5 aromatic rings. The third-order valence-electron chi connectivity index (χ3n) is 5.99. The molecule has 0 aliphatic carbocycles. The monoisotopic (exact) mass is 511 g/mol. The SMILES string of the molecule is CCCNC(=O)c1ccc(Oc2cnn(-c3cccc(Cl)c3)c2-c2ccc3cc(OC)ccc3c2)cc1. The molecule has 6 nitrogen and oxygen atoms in total. The molecule has 0 radical (unpaired) electrons. The van der Waals surface area contributed by atoms with Crippen LogP contribution in [0, 0.1) is 0 Å². The first kappa shape index (κ1) is 24.4. The van der Waals surface area contributed by atoms with E-state index in [1.54, 1.807) is 37.6 Å². The van der Waals surface area contributed by atoms with Crippen molar-refractivity contribution in [1.82, 2.24) is 15.1 Å². The molecule has 1 N–H and O–H groups in total. The van der Waals surface area contributed by atoms with Crippen LogP contribution in [0.5, 0.6) is 17.2 Å². The minimum absolute atomic E-state index is 0.101. The van der Waals surface area contributed by atoms with Crippen LogP contribution in [0.1, 0.15) is 23.7 Å². The molecule has 37 heavy (non-hydrogen) atoms. The zero-order chi connectivity index (χ0) is 25.8. The van der Waals surface area contributed by atoms with Crippen LogP contribution in [0.2, 0.25) is 5.02 Å². The molecular formula is C30H26ClN3O3. The zero-order valence-electron chi connectivity index (χ0n) is 20.6. The highest BCUT2D eigenvalue weighted by atomic mass is 35.5. The van der Waals surface area contributed by atoms with E-state index in [9.17, 15) is 4.79 Å². The second-order valence-corrected chi connectivity index (χ2v) is 9.00. The molecule has 1 amide bonds. The fourth-order valence-corrected chi connectivity index (χ4v) is 4.30. The molecule has 0 aliphatic heterocycles. The Morgan fingerprint density at radius 1 is 0.946 bits per heavy atom.